The van der Waals surface area contributed by atoms with Gasteiger partial charge in [0.2, 0.25) is 0 Å². The van der Waals surface area contributed by atoms with Gasteiger partial charge in [-0.25, -0.2) is 4.98 Å². The summed E-state index contributed by atoms with van der Waals surface area (Å²) in [6.45, 7) is 11.7. The molecule has 162 valence electrons. The summed E-state index contributed by atoms with van der Waals surface area (Å²) in [7, 11) is 0. The van der Waals surface area contributed by atoms with E-state index in [1.807, 2.05) is 29.2 Å². The zero-order valence-electron chi connectivity index (χ0n) is 18.2. The highest BCUT2D eigenvalue weighted by Crippen LogP contribution is 2.38. The number of hydrogen-bond donors (Lipinski definition) is 0. The van der Waals surface area contributed by atoms with Gasteiger partial charge < -0.3 is 4.90 Å². The Bertz CT molecular complexity index is 1240. The Hall–Kier alpha value is -1.99. The SMILES string of the molecule is CCN(CC)CCN(C(=O)c1sc2ccccc2c1Cl)c1nc2c(C)cc(C)cc2s1. The van der Waals surface area contributed by atoms with Crippen molar-refractivity contribution >= 4 is 65.6 Å². The van der Waals surface area contributed by atoms with Crippen LogP contribution in [0, 0.1) is 13.8 Å². The topological polar surface area (TPSA) is 36.4 Å². The number of halogens is 1. The van der Waals surface area contributed by atoms with Crippen LogP contribution in [-0.2, 0) is 0 Å². The molecule has 0 bridgehead atoms. The number of thiazole rings is 1. The van der Waals surface area contributed by atoms with Gasteiger partial charge in [-0.3, -0.25) is 9.69 Å². The summed E-state index contributed by atoms with van der Waals surface area (Å²) < 4.78 is 2.13. The number of aryl methyl sites for hydroxylation is 2. The number of anilines is 1. The highest BCUT2D eigenvalue weighted by Gasteiger charge is 2.26. The number of aromatic nitrogens is 1. The van der Waals surface area contributed by atoms with Gasteiger partial charge in [-0.15, -0.1) is 11.3 Å². The molecule has 0 aliphatic heterocycles. The van der Waals surface area contributed by atoms with Crippen molar-refractivity contribution in [3.63, 3.8) is 0 Å². The lowest BCUT2D eigenvalue weighted by Crippen LogP contribution is -2.38. The van der Waals surface area contributed by atoms with Gasteiger partial charge in [-0.05, 0) is 50.2 Å². The van der Waals surface area contributed by atoms with Crippen LogP contribution in [0.15, 0.2) is 36.4 Å². The van der Waals surface area contributed by atoms with Gasteiger partial charge in [0, 0.05) is 23.2 Å². The Kier molecular flexibility index (Phi) is 6.63. The summed E-state index contributed by atoms with van der Waals surface area (Å²) in [5.74, 6) is -0.0770. The summed E-state index contributed by atoms with van der Waals surface area (Å²) >= 11 is 9.69. The molecule has 0 radical (unpaired) electrons. The highest BCUT2D eigenvalue weighted by molar-refractivity contribution is 7.23. The first-order valence-corrected chi connectivity index (χ1v) is 12.5. The van der Waals surface area contributed by atoms with Gasteiger partial charge in [-0.1, -0.05) is 61.1 Å². The standard InChI is InChI=1S/C24H26ClN3OS2/c1-5-27(6-2)11-12-28(24-26-21-16(4)13-15(3)14-19(21)31-24)23(29)22-20(25)17-9-7-8-10-18(17)30-22/h7-10,13-14H,5-6,11-12H2,1-4H3. The molecule has 0 aliphatic rings. The second kappa shape index (κ2) is 9.25. The van der Waals surface area contributed by atoms with Crippen LogP contribution in [0.1, 0.15) is 34.6 Å². The molecule has 31 heavy (non-hydrogen) atoms. The summed E-state index contributed by atoms with van der Waals surface area (Å²) in [5.41, 5.74) is 3.30. The summed E-state index contributed by atoms with van der Waals surface area (Å²) in [6.07, 6.45) is 0. The monoisotopic (exact) mass is 471 g/mol. The number of thiophene rings is 1. The number of nitrogens with zero attached hydrogens (tertiary/aromatic N) is 3. The predicted octanol–water partition coefficient (Wildman–Crippen LogP) is 6.77. The third kappa shape index (κ3) is 4.35. The fourth-order valence-electron chi connectivity index (χ4n) is 3.81. The van der Waals surface area contributed by atoms with Crippen LogP contribution in [0.5, 0.6) is 0 Å². The van der Waals surface area contributed by atoms with E-state index in [1.165, 1.54) is 16.9 Å². The number of amides is 1. The lowest BCUT2D eigenvalue weighted by molar-refractivity contribution is 0.0988. The van der Waals surface area contributed by atoms with Crippen LogP contribution in [0.2, 0.25) is 5.02 Å². The molecule has 2 aromatic carbocycles. The molecule has 4 rings (SSSR count). The maximum absolute atomic E-state index is 13.8. The third-order valence-corrected chi connectivity index (χ3v) is 8.25. The summed E-state index contributed by atoms with van der Waals surface area (Å²) in [5, 5.41) is 2.19. The Morgan fingerprint density at radius 3 is 2.48 bits per heavy atom. The Labute approximate surface area is 196 Å². The van der Waals surface area contributed by atoms with Crippen LogP contribution < -0.4 is 4.90 Å². The largest absolute Gasteiger partial charge is 0.302 e. The van der Waals surface area contributed by atoms with Gasteiger partial charge in [0.25, 0.3) is 5.91 Å². The number of hydrogen-bond acceptors (Lipinski definition) is 5. The zero-order valence-corrected chi connectivity index (χ0v) is 20.6. The van der Waals surface area contributed by atoms with E-state index in [-0.39, 0.29) is 5.91 Å². The zero-order chi connectivity index (χ0) is 22.1. The molecule has 4 nitrogen and oxygen atoms in total. The number of rotatable bonds is 7. The molecule has 1 amide bonds. The van der Waals surface area contributed by atoms with Crippen LogP contribution >= 0.6 is 34.3 Å². The molecule has 0 unspecified atom stereocenters. The maximum atomic E-state index is 13.8. The number of likely N-dealkylation sites (N-methyl/N-ethyl adjacent to an activating group) is 1. The predicted molar refractivity (Wildman–Crippen MR) is 135 cm³/mol. The molecule has 4 aromatic rings. The lowest BCUT2D eigenvalue weighted by Gasteiger charge is -2.24. The Morgan fingerprint density at radius 1 is 1.03 bits per heavy atom. The summed E-state index contributed by atoms with van der Waals surface area (Å²) in [6, 6.07) is 12.2. The van der Waals surface area contributed by atoms with Crippen LogP contribution in [0.4, 0.5) is 5.13 Å². The molecule has 0 spiro atoms. The molecule has 0 atom stereocenters. The van der Waals surface area contributed by atoms with Crippen molar-refractivity contribution in [2.24, 2.45) is 0 Å². The van der Waals surface area contributed by atoms with E-state index in [0.29, 0.717) is 16.4 Å². The number of carbonyl (C=O) groups excluding carboxylic acids is 1. The maximum Gasteiger partial charge on any atom is 0.271 e. The van der Waals surface area contributed by atoms with E-state index in [4.69, 9.17) is 16.6 Å². The molecule has 0 fully saturated rings. The second-order valence-electron chi connectivity index (χ2n) is 7.65. The van der Waals surface area contributed by atoms with Gasteiger partial charge in [0.1, 0.15) is 4.88 Å². The van der Waals surface area contributed by atoms with E-state index in [0.717, 1.165) is 50.6 Å². The number of carbonyl (C=O) groups is 1. The van der Waals surface area contributed by atoms with Gasteiger partial charge in [0.05, 0.1) is 15.2 Å². The second-order valence-corrected chi connectivity index (χ2v) is 10.1. The minimum Gasteiger partial charge on any atom is -0.302 e. The average Bonchev–Trinajstić information content (AvgIpc) is 3.32. The molecule has 0 saturated heterocycles. The van der Waals surface area contributed by atoms with Gasteiger partial charge in [0.15, 0.2) is 5.13 Å². The van der Waals surface area contributed by atoms with Crippen molar-refractivity contribution in [2.75, 3.05) is 31.1 Å². The molecular formula is C24H26ClN3OS2. The van der Waals surface area contributed by atoms with Crippen molar-refractivity contribution in [2.45, 2.75) is 27.7 Å². The number of fused-ring (bicyclic) bond motifs is 2. The lowest BCUT2D eigenvalue weighted by atomic mass is 10.1. The van der Waals surface area contributed by atoms with Crippen molar-refractivity contribution in [3.8, 4) is 0 Å². The van der Waals surface area contributed by atoms with Crippen molar-refractivity contribution < 1.29 is 4.79 Å². The molecule has 0 N–H and O–H groups in total. The molecule has 2 aromatic heterocycles. The minimum atomic E-state index is -0.0770. The molecule has 0 saturated carbocycles. The highest BCUT2D eigenvalue weighted by atomic mass is 35.5. The average molecular weight is 472 g/mol. The first kappa shape index (κ1) is 22.2. The fraction of sp³-hybridized carbons (Fsp3) is 0.333. The van der Waals surface area contributed by atoms with E-state index in [9.17, 15) is 4.79 Å². The van der Waals surface area contributed by atoms with E-state index in [2.05, 4.69) is 44.7 Å². The van der Waals surface area contributed by atoms with Crippen molar-refractivity contribution in [1.82, 2.24) is 9.88 Å². The van der Waals surface area contributed by atoms with Crippen molar-refractivity contribution in [1.29, 1.82) is 0 Å². The van der Waals surface area contributed by atoms with E-state index < -0.39 is 0 Å². The van der Waals surface area contributed by atoms with Gasteiger partial charge in [-0.2, -0.15) is 0 Å². The van der Waals surface area contributed by atoms with Crippen molar-refractivity contribution in [3.05, 3.63) is 57.4 Å². The third-order valence-electron chi connectivity index (χ3n) is 5.56. The smallest absolute Gasteiger partial charge is 0.271 e. The van der Waals surface area contributed by atoms with Crippen LogP contribution in [0.25, 0.3) is 20.3 Å². The quantitative estimate of drug-likeness (QED) is 0.298. The Balaban J connectivity index is 1.77. The minimum absolute atomic E-state index is 0.0770. The number of benzene rings is 2. The van der Waals surface area contributed by atoms with E-state index >= 15 is 0 Å². The normalized spacial score (nSPS) is 11.7. The van der Waals surface area contributed by atoms with Crippen LogP contribution in [0.3, 0.4) is 0 Å². The molecular weight excluding hydrogens is 446 g/mol. The fourth-order valence-corrected chi connectivity index (χ4v) is 6.44. The molecule has 0 aliphatic carbocycles. The van der Waals surface area contributed by atoms with Gasteiger partial charge >= 0.3 is 0 Å². The molecule has 2 heterocycles. The molecule has 7 heteroatoms. The first-order chi connectivity index (χ1) is 14.9. The first-order valence-electron chi connectivity index (χ1n) is 10.5. The Morgan fingerprint density at radius 2 is 1.77 bits per heavy atom. The summed E-state index contributed by atoms with van der Waals surface area (Å²) in [4.78, 5) is 23.3. The van der Waals surface area contributed by atoms with E-state index in [1.54, 1.807) is 11.3 Å². The van der Waals surface area contributed by atoms with Crippen LogP contribution in [-0.4, -0.2) is 42.0 Å².